The second-order valence-electron chi connectivity index (χ2n) is 13.1. The second-order valence-corrected chi connectivity index (χ2v) is 15.6. The summed E-state index contributed by atoms with van der Waals surface area (Å²) in [5, 5.41) is 9.92. The lowest BCUT2D eigenvalue weighted by molar-refractivity contribution is -0.124. The fourth-order valence-electron chi connectivity index (χ4n) is 6.86. The minimum Gasteiger partial charge on any atom is -0.333 e. The molecule has 0 bridgehead atoms. The number of amides is 4. The Morgan fingerprint density at radius 1 is 0.880 bits per heavy atom. The van der Waals surface area contributed by atoms with Gasteiger partial charge in [0.1, 0.15) is 0 Å². The van der Waals surface area contributed by atoms with Crippen LogP contribution in [0.3, 0.4) is 0 Å². The molecule has 264 valence electrons. The molecule has 3 aromatic rings. The van der Waals surface area contributed by atoms with Gasteiger partial charge < -0.3 is 20.4 Å². The Labute approximate surface area is 306 Å². The van der Waals surface area contributed by atoms with Crippen molar-refractivity contribution in [3.8, 4) is 0 Å². The lowest BCUT2D eigenvalue weighted by atomic mass is 9.89. The van der Waals surface area contributed by atoms with E-state index in [-0.39, 0.29) is 48.9 Å². The first-order valence-electron chi connectivity index (χ1n) is 16.4. The molecule has 4 heterocycles. The first-order chi connectivity index (χ1) is 23.4. The Morgan fingerprint density at radius 2 is 1.48 bits per heavy atom. The SMILES string of the molecule is C.C=C1CCC(N2Cc3c(csc3CNC(=O)Nc3ccc(C)c(Cl)c3)C2=O)C(=O)C1.C=C1CCC[C@H](N2Cc3c(csc3C)C2=O)C(=O)C1. The third kappa shape index (κ3) is 7.65. The number of aryl methyl sites for hydroxylation is 2. The fourth-order valence-corrected chi connectivity index (χ4v) is 8.87. The highest BCUT2D eigenvalue weighted by Crippen LogP contribution is 2.36. The number of benzene rings is 1. The number of urea groups is 1. The van der Waals surface area contributed by atoms with Gasteiger partial charge in [0.15, 0.2) is 11.6 Å². The van der Waals surface area contributed by atoms with E-state index in [1.165, 1.54) is 16.2 Å². The van der Waals surface area contributed by atoms with Crippen LogP contribution in [-0.4, -0.2) is 51.3 Å². The van der Waals surface area contributed by atoms with Crippen LogP contribution in [0, 0.1) is 13.8 Å². The highest BCUT2D eigenvalue weighted by Gasteiger charge is 2.40. The summed E-state index contributed by atoms with van der Waals surface area (Å²) in [7, 11) is 0. The molecule has 2 N–H and O–H groups in total. The largest absolute Gasteiger partial charge is 0.333 e. The van der Waals surface area contributed by atoms with Gasteiger partial charge in [-0.3, -0.25) is 19.2 Å². The molecule has 50 heavy (non-hydrogen) atoms. The number of halogens is 1. The van der Waals surface area contributed by atoms with E-state index in [9.17, 15) is 24.0 Å². The molecule has 2 fully saturated rings. The molecule has 2 aromatic heterocycles. The number of ketones is 2. The molecule has 4 amide bonds. The third-order valence-electron chi connectivity index (χ3n) is 9.69. The molecule has 2 atom stereocenters. The van der Waals surface area contributed by atoms with E-state index in [1.807, 2.05) is 30.7 Å². The van der Waals surface area contributed by atoms with E-state index in [4.69, 9.17) is 11.6 Å². The molecule has 1 unspecified atom stereocenters. The van der Waals surface area contributed by atoms with Crippen molar-refractivity contribution in [3.05, 3.63) is 95.9 Å². The molecule has 0 radical (unpaired) electrons. The minimum absolute atomic E-state index is 0. The predicted molar refractivity (Wildman–Crippen MR) is 200 cm³/mol. The van der Waals surface area contributed by atoms with Crippen LogP contribution in [-0.2, 0) is 29.2 Å². The third-order valence-corrected chi connectivity index (χ3v) is 12.1. The van der Waals surface area contributed by atoms with E-state index in [0.29, 0.717) is 55.2 Å². The number of nitrogens with one attached hydrogen (secondary N) is 2. The normalized spacial score (nSPS) is 20.1. The van der Waals surface area contributed by atoms with Gasteiger partial charge >= 0.3 is 6.03 Å². The van der Waals surface area contributed by atoms with Gasteiger partial charge in [-0.25, -0.2) is 4.79 Å². The molecule has 2 aliphatic carbocycles. The highest BCUT2D eigenvalue weighted by molar-refractivity contribution is 7.10. The number of rotatable bonds is 5. The maximum Gasteiger partial charge on any atom is 0.319 e. The van der Waals surface area contributed by atoms with Crippen LogP contribution in [0.15, 0.2) is 53.3 Å². The Morgan fingerprint density at radius 3 is 2.12 bits per heavy atom. The van der Waals surface area contributed by atoms with Crippen molar-refractivity contribution in [1.82, 2.24) is 15.1 Å². The van der Waals surface area contributed by atoms with Crippen LogP contribution in [0.2, 0.25) is 5.02 Å². The fraction of sp³-hybridized carbons (Fsp3) is 0.395. The van der Waals surface area contributed by atoms with Gasteiger partial charge in [-0.2, -0.15) is 0 Å². The smallest absolute Gasteiger partial charge is 0.319 e. The molecule has 7 rings (SSSR count). The van der Waals surface area contributed by atoms with Gasteiger partial charge in [-0.05, 0) is 74.8 Å². The summed E-state index contributed by atoms with van der Waals surface area (Å²) < 4.78 is 0. The van der Waals surface area contributed by atoms with Crippen molar-refractivity contribution in [3.63, 3.8) is 0 Å². The molecule has 9 nitrogen and oxygen atoms in total. The van der Waals surface area contributed by atoms with Crippen molar-refractivity contribution in [1.29, 1.82) is 0 Å². The molecular weight excluding hydrogens is 692 g/mol. The summed E-state index contributed by atoms with van der Waals surface area (Å²) in [6.07, 6.45) is 4.81. The quantitative estimate of drug-likeness (QED) is 0.202. The summed E-state index contributed by atoms with van der Waals surface area (Å²) >= 11 is 9.16. The number of allylic oxidation sites excluding steroid dienone is 2. The van der Waals surface area contributed by atoms with Crippen LogP contribution < -0.4 is 10.6 Å². The van der Waals surface area contributed by atoms with Crippen molar-refractivity contribution in [2.45, 2.75) is 97.9 Å². The average Bonchev–Trinajstić information content (AvgIpc) is 3.77. The van der Waals surface area contributed by atoms with E-state index in [0.717, 1.165) is 64.0 Å². The Bertz CT molecular complexity index is 1890. The number of anilines is 1. The number of nitrogens with zero attached hydrogens (tertiary/aromatic N) is 2. The van der Waals surface area contributed by atoms with Gasteiger partial charge in [0.05, 0.1) is 29.8 Å². The van der Waals surface area contributed by atoms with Crippen molar-refractivity contribution >= 4 is 69.4 Å². The minimum atomic E-state index is -0.379. The molecule has 12 heteroatoms. The highest BCUT2D eigenvalue weighted by atomic mass is 35.5. The predicted octanol–water partition coefficient (Wildman–Crippen LogP) is 8.38. The van der Waals surface area contributed by atoms with E-state index >= 15 is 0 Å². The van der Waals surface area contributed by atoms with Gasteiger partial charge in [-0.15, -0.1) is 22.7 Å². The summed E-state index contributed by atoms with van der Waals surface area (Å²) in [6.45, 7) is 13.1. The molecule has 2 aliphatic heterocycles. The number of hydrogen-bond acceptors (Lipinski definition) is 7. The zero-order valence-electron chi connectivity index (χ0n) is 27.7. The molecule has 0 spiro atoms. The maximum atomic E-state index is 12.8. The topological polar surface area (TPSA) is 116 Å². The molecular formula is C38H43ClN4O5S2. The van der Waals surface area contributed by atoms with E-state index < -0.39 is 0 Å². The Balaban J connectivity index is 0.000000209. The van der Waals surface area contributed by atoms with Crippen molar-refractivity contribution in [2.24, 2.45) is 0 Å². The number of Topliss-reactive ketones (excluding diaryl/α,β-unsaturated/α-hetero) is 2. The monoisotopic (exact) mass is 734 g/mol. The zero-order chi connectivity index (χ0) is 35.0. The molecule has 2 saturated carbocycles. The number of thiophene rings is 2. The van der Waals surface area contributed by atoms with Crippen molar-refractivity contribution < 1.29 is 24.0 Å². The van der Waals surface area contributed by atoms with E-state index in [1.54, 1.807) is 33.3 Å². The summed E-state index contributed by atoms with van der Waals surface area (Å²) in [6, 6.07) is 4.35. The summed E-state index contributed by atoms with van der Waals surface area (Å²) in [5.74, 6) is 0.147. The lowest BCUT2D eigenvalue weighted by Gasteiger charge is -2.30. The number of carbonyl (C=O) groups excluding carboxylic acids is 5. The second kappa shape index (κ2) is 15.4. The van der Waals surface area contributed by atoms with Gasteiger partial charge in [-0.1, -0.05) is 49.4 Å². The number of fused-ring (bicyclic) bond motifs is 2. The molecule has 0 saturated heterocycles. The zero-order valence-corrected chi connectivity index (χ0v) is 30.0. The Hall–Kier alpha value is -4.06. The summed E-state index contributed by atoms with van der Waals surface area (Å²) in [5.41, 5.74) is 6.95. The van der Waals surface area contributed by atoms with Crippen LogP contribution in [0.5, 0.6) is 0 Å². The van der Waals surface area contributed by atoms with E-state index in [2.05, 4.69) is 23.8 Å². The Kier molecular flexibility index (Phi) is 11.5. The number of hydrogen-bond donors (Lipinski definition) is 2. The van der Waals surface area contributed by atoms with Crippen molar-refractivity contribution in [2.75, 3.05) is 5.32 Å². The van der Waals surface area contributed by atoms with Gasteiger partial charge in [0, 0.05) is 57.2 Å². The maximum absolute atomic E-state index is 12.8. The van der Waals surface area contributed by atoms with Crippen LogP contribution in [0.4, 0.5) is 10.5 Å². The van der Waals surface area contributed by atoms with Crippen LogP contribution in [0.25, 0.3) is 0 Å². The number of carbonyl (C=O) groups is 5. The first kappa shape index (κ1) is 37.2. The lowest BCUT2D eigenvalue weighted by Crippen LogP contribution is -2.43. The van der Waals surface area contributed by atoms with Gasteiger partial charge in [0.25, 0.3) is 11.8 Å². The molecule has 4 aliphatic rings. The van der Waals surface area contributed by atoms with Crippen LogP contribution >= 0.6 is 34.3 Å². The molecule has 1 aromatic carbocycles. The average molecular weight is 735 g/mol. The standard InChI is InChI=1S/C22H22ClN3O3S.C15H17NO2S.CH4/c1-12-3-6-18(19(27)7-12)26-10-15-16(21(26)28)11-30-20(15)9-24-22(29)25-14-5-4-13(2)17(23)8-14;1-9-4-3-5-13(14(17)6-9)16-7-11-10(2)19-8-12(11)15(16)18;/h4-5,8,11,18H,1,3,6-7,9-10H2,2H3,(H2,24,25,29);8,13H,1,3-7H2,2H3;1H4/t;13-;/m.0./s1. The van der Waals surface area contributed by atoms with Gasteiger partial charge in [0.2, 0.25) is 0 Å². The first-order valence-corrected chi connectivity index (χ1v) is 18.5. The van der Waals surface area contributed by atoms with Crippen LogP contribution in [0.1, 0.15) is 99.5 Å². The summed E-state index contributed by atoms with van der Waals surface area (Å²) in [4.78, 5) is 67.7.